The van der Waals surface area contributed by atoms with E-state index in [1.54, 1.807) is 0 Å². The first-order valence-electron chi connectivity index (χ1n) is 11.4. The van der Waals surface area contributed by atoms with Crippen LogP contribution in [-0.4, -0.2) is 47.1 Å². The third kappa shape index (κ3) is 6.79. The highest BCUT2D eigenvalue weighted by Crippen LogP contribution is 2.51. The number of hydrogen-bond acceptors (Lipinski definition) is 7. The zero-order valence-corrected chi connectivity index (χ0v) is 23.0. The molecule has 41 heavy (non-hydrogen) atoms. The predicted molar refractivity (Wildman–Crippen MR) is 138 cm³/mol. The molecule has 2 aliphatic rings. The summed E-state index contributed by atoms with van der Waals surface area (Å²) in [4.78, 5) is 33.8. The van der Waals surface area contributed by atoms with E-state index in [-0.39, 0.29) is 43.4 Å². The Morgan fingerprint density at radius 1 is 0.854 bits per heavy atom. The van der Waals surface area contributed by atoms with Gasteiger partial charge in [-0.1, -0.05) is 35.0 Å². The van der Waals surface area contributed by atoms with E-state index in [0.29, 0.717) is 0 Å². The van der Waals surface area contributed by atoms with E-state index in [1.807, 2.05) is 0 Å². The third-order valence-corrected chi connectivity index (χ3v) is 7.26. The number of hydrogen-bond donors (Lipinski definition) is 3. The Hall–Kier alpha value is -2.88. The summed E-state index contributed by atoms with van der Waals surface area (Å²) >= 11 is 12.2. The Bertz CT molecular complexity index is 1340. The molecule has 2 heterocycles. The maximum atomic E-state index is 13.7. The standard InChI is InChI=1S/C13H11ClF3NO3S.C11H9ClF3NO3/c1-7(19)22-5-4-12(13(15,16)17)9-6-8(14)2-3-10(9)18-11(20)21-12;12-6-1-2-8-7(5-6)10(3-4-17,11(13,14)15)19-9(18)16-8/h2-3,6H,4-5H2,1H3,(H,18,20);1-2,5,17H,3-4H2,(H,16,18). The van der Waals surface area contributed by atoms with E-state index in [2.05, 4.69) is 20.1 Å². The maximum Gasteiger partial charge on any atom is 0.433 e. The van der Waals surface area contributed by atoms with Crippen molar-refractivity contribution in [3.8, 4) is 0 Å². The summed E-state index contributed by atoms with van der Waals surface area (Å²) in [5, 5.41) is 13.1. The Kier molecular flexibility index (Phi) is 9.67. The molecule has 4 rings (SSSR count). The normalized spacial score (nSPS) is 21.6. The minimum absolute atomic E-state index is 0.00852. The first kappa shape index (κ1) is 32.6. The van der Waals surface area contributed by atoms with Gasteiger partial charge in [0.25, 0.3) is 0 Å². The molecule has 0 fully saturated rings. The first-order valence-corrected chi connectivity index (χ1v) is 13.2. The number of nitrogens with one attached hydrogen (secondary N) is 2. The van der Waals surface area contributed by atoms with E-state index >= 15 is 0 Å². The summed E-state index contributed by atoms with van der Waals surface area (Å²) in [6, 6.07) is 7.46. The molecule has 2 aromatic rings. The number of halogens is 8. The molecule has 0 saturated heterocycles. The molecule has 0 spiro atoms. The first-order chi connectivity index (χ1) is 19.0. The molecule has 224 valence electrons. The fraction of sp³-hybridized carbons (Fsp3) is 0.375. The largest absolute Gasteiger partial charge is 0.433 e. The lowest BCUT2D eigenvalue weighted by Gasteiger charge is -2.39. The molecule has 8 nitrogen and oxygen atoms in total. The zero-order chi connectivity index (χ0) is 30.8. The van der Waals surface area contributed by atoms with Crippen LogP contribution in [0, 0.1) is 0 Å². The molecule has 2 atom stereocenters. The minimum Gasteiger partial charge on any atom is -0.428 e. The van der Waals surface area contributed by atoms with Gasteiger partial charge in [0, 0.05) is 53.3 Å². The van der Waals surface area contributed by atoms with E-state index in [0.717, 1.165) is 23.9 Å². The molecule has 3 N–H and O–H groups in total. The van der Waals surface area contributed by atoms with Gasteiger partial charge >= 0.3 is 24.5 Å². The van der Waals surface area contributed by atoms with E-state index < -0.39 is 55.2 Å². The molecule has 0 aromatic heterocycles. The molecule has 2 unspecified atom stereocenters. The van der Waals surface area contributed by atoms with Gasteiger partial charge in [-0.3, -0.25) is 15.4 Å². The second-order valence-electron chi connectivity index (χ2n) is 8.62. The number of amides is 2. The smallest absolute Gasteiger partial charge is 0.428 e. The summed E-state index contributed by atoms with van der Waals surface area (Å²) in [5.41, 5.74) is -6.34. The highest BCUT2D eigenvalue weighted by Gasteiger charge is 2.62. The molecule has 17 heteroatoms. The molecule has 0 saturated carbocycles. The topological polar surface area (TPSA) is 114 Å². The van der Waals surface area contributed by atoms with Crippen LogP contribution >= 0.6 is 35.0 Å². The number of thioether (sulfide) groups is 1. The van der Waals surface area contributed by atoms with Crippen LogP contribution in [0.4, 0.5) is 47.3 Å². The van der Waals surface area contributed by atoms with Crippen LogP contribution in [0.1, 0.15) is 30.9 Å². The van der Waals surface area contributed by atoms with Crippen molar-refractivity contribution in [1.82, 2.24) is 0 Å². The van der Waals surface area contributed by atoms with Crippen LogP contribution in [0.5, 0.6) is 0 Å². The number of rotatable bonds is 5. The number of alkyl halides is 6. The highest BCUT2D eigenvalue weighted by atomic mass is 35.5. The predicted octanol–water partition coefficient (Wildman–Crippen LogP) is 7.37. The summed E-state index contributed by atoms with van der Waals surface area (Å²) in [5.74, 6) is -0.145. The van der Waals surface area contributed by atoms with Gasteiger partial charge in [0.1, 0.15) is 0 Å². The number of fused-ring (bicyclic) bond motifs is 2. The number of aliphatic hydroxyl groups excluding tert-OH is 1. The average Bonchev–Trinajstić information content (AvgIpc) is 2.83. The number of ether oxygens (including phenoxy) is 2. The van der Waals surface area contributed by atoms with Gasteiger partial charge in [-0.2, -0.15) is 26.3 Å². The van der Waals surface area contributed by atoms with Crippen LogP contribution in [0.25, 0.3) is 0 Å². The van der Waals surface area contributed by atoms with Crippen LogP contribution < -0.4 is 10.6 Å². The maximum absolute atomic E-state index is 13.7. The van der Waals surface area contributed by atoms with E-state index in [9.17, 15) is 40.7 Å². The van der Waals surface area contributed by atoms with Crippen molar-refractivity contribution in [2.24, 2.45) is 0 Å². The van der Waals surface area contributed by atoms with Crippen molar-refractivity contribution in [2.75, 3.05) is 23.0 Å². The quantitative estimate of drug-likeness (QED) is 0.290. The molecular formula is C24H20Cl2F6N2O6S. The van der Waals surface area contributed by atoms with Gasteiger partial charge < -0.3 is 14.6 Å². The number of cyclic esters (lactones) is 2. The Labute approximate surface area is 242 Å². The summed E-state index contributed by atoms with van der Waals surface area (Å²) in [6.45, 7) is 0.461. The molecule has 2 amide bonds. The number of aliphatic hydroxyl groups is 1. The summed E-state index contributed by atoms with van der Waals surface area (Å²) < 4.78 is 90.0. The molecule has 0 aliphatic carbocycles. The lowest BCUT2D eigenvalue weighted by molar-refractivity contribution is -0.269. The van der Waals surface area contributed by atoms with Crippen LogP contribution in [-0.2, 0) is 25.5 Å². The van der Waals surface area contributed by atoms with Gasteiger partial charge in [-0.15, -0.1) is 0 Å². The second-order valence-corrected chi connectivity index (χ2v) is 10.8. The summed E-state index contributed by atoms with van der Waals surface area (Å²) in [6.07, 6.45) is -13.5. The Balaban J connectivity index is 0.000000228. The number of carbonyl (C=O) groups is 3. The van der Waals surface area contributed by atoms with Gasteiger partial charge in [0.2, 0.25) is 11.2 Å². The lowest BCUT2D eigenvalue weighted by atomic mass is 9.87. The lowest BCUT2D eigenvalue weighted by Crippen LogP contribution is -2.50. The zero-order valence-electron chi connectivity index (χ0n) is 20.7. The summed E-state index contributed by atoms with van der Waals surface area (Å²) in [7, 11) is 0. The minimum atomic E-state index is -4.87. The van der Waals surface area contributed by atoms with Gasteiger partial charge in [0.15, 0.2) is 5.12 Å². The van der Waals surface area contributed by atoms with Gasteiger partial charge in [-0.25, -0.2) is 9.59 Å². The molecule has 0 radical (unpaired) electrons. The molecule has 2 aliphatic heterocycles. The second kappa shape index (κ2) is 12.2. The molecule has 0 bridgehead atoms. The van der Waals surface area contributed by atoms with Crippen LogP contribution in [0.3, 0.4) is 0 Å². The van der Waals surface area contributed by atoms with Crippen molar-refractivity contribution < 1.29 is 55.3 Å². The third-order valence-electron chi connectivity index (χ3n) is 5.98. The highest BCUT2D eigenvalue weighted by molar-refractivity contribution is 8.13. The number of benzene rings is 2. The van der Waals surface area contributed by atoms with Crippen molar-refractivity contribution in [2.45, 2.75) is 43.3 Å². The Morgan fingerprint density at radius 2 is 1.27 bits per heavy atom. The van der Waals surface area contributed by atoms with Crippen LogP contribution in [0.2, 0.25) is 10.0 Å². The van der Waals surface area contributed by atoms with Crippen molar-refractivity contribution in [3.63, 3.8) is 0 Å². The van der Waals surface area contributed by atoms with Gasteiger partial charge in [0.05, 0.1) is 11.4 Å². The SMILES string of the molecule is CC(=O)SCCC1(C(F)(F)F)OC(=O)Nc2ccc(Cl)cc21.O=C1Nc2ccc(Cl)cc2C(CCO)(C(F)(F)F)O1. The van der Waals surface area contributed by atoms with E-state index in [4.69, 9.17) is 28.3 Å². The van der Waals surface area contributed by atoms with Gasteiger partial charge in [-0.05, 0) is 36.4 Å². The molecule has 2 aromatic carbocycles. The average molecular weight is 649 g/mol. The van der Waals surface area contributed by atoms with Crippen molar-refractivity contribution >= 4 is 63.6 Å². The Morgan fingerprint density at radius 3 is 1.63 bits per heavy atom. The fourth-order valence-corrected chi connectivity index (χ4v) is 5.21. The van der Waals surface area contributed by atoms with Crippen LogP contribution in [0.15, 0.2) is 36.4 Å². The van der Waals surface area contributed by atoms with E-state index in [1.165, 1.54) is 31.2 Å². The van der Waals surface area contributed by atoms with Crippen molar-refractivity contribution in [1.29, 1.82) is 0 Å². The number of carbonyl (C=O) groups excluding carboxylic acids is 3. The fourth-order valence-electron chi connectivity index (χ4n) is 4.19. The monoisotopic (exact) mass is 648 g/mol. The van der Waals surface area contributed by atoms with Crippen molar-refractivity contribution in [3.05, 3.63) is 57.6 Å². The molecular weight excluding hydrogens is 629 g/mol. The number of anilines is 2.